The van der Waals surface area contributed by atoms with E-state index in [0.717, 1.165) is 0 Å². The highest BCUT2D eigenvalue weighted by Crippen LogP contribution is 2.17. The zero-order valence-corrected chi connectivity index (χ0v) is 18.0. The van der Waals surface area contributed by atoms with Gasteiger partial charge in [0.2, 0.25) is 0 Å². The fraction of sp³-hybridized carbons (Fsp3) is 1.00. The van der Waals surface area contributed by atoms with E-state index < -0.39 is 0 Å². The van der Waals surface area contributed by atoms with Crippen LogP contribution in [0.15, 0.2) is 0 Å². The molecule has 0 aliphatic heterocycles. The Morgan fingerprint density at radius 1 is 0.571 bits per heavy atom. The summed E-state index contributed by atoms with van der Waals surface area (Å²) < 4.78 is 1.42. The first-order valence-corrected chi connectivity index (χ1v) is 10.3. The first-order valence-electron chi connectivity index (χ1n) is 9.15. The van der Waals surface area contributed by atoms with Gasteiger partial charge in [-0.25, -0.2) is 0 Å². The second kappa shape index (κ2) is 17.3. The molecule has 0 amide bonds. The van der Waals surface area contributed by atoms with E-state index in [0.29, 0.717) is 0 Å². The molecular formula is C18H39Br2N. The maximum absolute atomic E-state index is 3.59. The summed E-state index contributed by atoms with van der Waals surface area (Å²) in [5, 5.41) is 1.17. The number of nitrogens with zero attached hydrogens (tertiary/aromatic N) is 1. The van der Waals surface area contributed by atoms with E-state index in [9.17, 15) is 0 Å². The van der Waals surface area contributed by atoms with Gasteiger partial charge in [-0.2, -0.15) is 0 Å². The molecule has 0 unspecified atom stereocenters. The van der Waals surface area contributed by atoms with Crippen LogP contribution in [0.3, 0.4) is 0 Å². The molecule has 0 rings (SSSR count). The van der Waals surface area contributed by atoms with Gasteiger partial charge in [0.05, 0.1) is 26.2 Å². The van der Waals surface area contributed by atoms with Crippen LogP contribution in [0.4, 0.5) is 0 Å². The van der Waals surface area contributed by atoms with Gasteiger partial charge in [-0.3, -0.25) is 0 Å². The molecule has 0 aliphatic carbocycles. The monoisotopic (exact) mass is 427 g/mol. The van der Waals surface area contributed by atoms with Crippen LogP contribution in [0.2, 0.25) is 0 Å². The normalized spacial score (nSPS) is 11.4. The van der Waals surface area contributed by atoms with Gasteiger partial charge in [-0.05, 0) is 38.5 Å². The highest BCUT2D eigenvalue weighted by atomic mass is 79.9. The molecule has 0 saturated carbocycles. The highest BCUT2D eigenvalue weighted by Gasteiger charge is 2.25. The molecule has 0 aromatic carbocycles. The predicted octanol–water partition coefficient (Wildman–Crippen LogP) is 3.16. The molecule has 0 N–H and O–H groups in total. The van der Waals surface area contributed by atoms with E-state index in [2.05, 4.69) is 36.7 Å². The smallest absolute Gasteiger partial charge is 0.0786 e. The van der Waals surface area contributed by atoms with Gasteiger partial charge in [0, 0.05) is 5.33 Å². The van der Waals surface area contributed by atoms with Crippen LogP contribution < -0.4 is 17.0 Å². The average molecular weight is 429 g/mol. The van der Waals surface area contributed by atoms with Crippen molar-refractivity contribution in [2.45, 2.75) is 85.0 Å². The van der Waals surface area contributed by atoms with Crippen molar-refractivity contribution in [1.29, 1.82) is 0 Å². The minimum absolute atomic E-state index is 0. The van der Waals surface area contributed by atoms with E-state index in [1.807, 2.05) is 0 Å². The van der Waals surface area contributed by atoms with Gasteiger partial charge in [0.1, 0.15) is 0 Å². The number of alkyl halides is 1. The van der Waals surface area contributed by atoms with Gasteiger partial charge in [-0.1, -0.05) is 62.4 Å². The molecule has 0 bridgehead atoms. The lowest BCUT2D eigenvalue weighted by atomic mass is 10.1. The maximum Gasteiger partial charge on any atom is 0.0786 e. The van der Waals surface area contributed by atoms with Crippen LogP contribution >= 0.6 is 15.9 Å². The van der Waals surface area contributed by atoms with Gasteiger partial charge >= 0.3 is 0 Å². The van der Waals surface area contributed by atoms with Crippen LogP contribution in [0.1, 0.15) is 85.0 Å². The average Bonchev–Trinajstić information content (AvgIpc) is 2.47. The Morgan fingerprint density at radius 2 is 1.00 bits per heavy atom. The third kappa shape index (κ3) is 13.1. The summed E-state index contributed by atoms with van der Waals surface area (Å²) in [4.78, 5) is 0. The topological polar surface area (TPSA) is 0 Å². The molecule has 0 aromatic heterocycles. The lowest BCUT2D eigenvalue weighted by Gasteiger charge is -2.39. The number of quaternary nitrogens is 1. The third-order valence-electron chi connectivity index (χ3n) is 4.47. The SMILES string of the molecule is CCCCCC[N+](CCCC)(CCCC)CCCCBr.[Br-]. The molecule has 0 radical (unpaired) electrons. The zero-order chi connectivity index (χ0) is 15.1. The van der Waals surface area contributed by atoms with Crippen LogP contribution in [-0.4, -0.2) is 36.0 Å². The van der Waals surface area contributed by atoms with Gasteiger partial charge in [0.25, 0.3) is 0 Å². The quantitative estimate of drug-likeness (QED) is 0.213. The standard InChI is InChI=1S/C18H39BrN.BrH/c1-4-7-10-12-17-20(15-8-5-2,16-9-6-3)18-13-11-14-19;/h4-18H2,1-3H3;1H/q+1;/p-1. The summed E-state index contributed by atoms with van der Waals surface area (Å²) >= 11 is 3.59. The molecule has 0 fully saturated rings. The van der Waals surface area contributed by atoms with Crippen molar-refractivity contribution < 1.29 is 21.5 Å². The van der Waals surface area contributed by atoms with Gasteiger partial charge in [-0.15, -0.1) is 0 Å². The second-order valence-electron chi connectivity index (χ2n) is 6.40. The Bertz CT molecular complexity index is 190. The summed E-state index contributed by atoms with van der Waals surface area (Å²) in [6, 6.07) is 0. The third-order valence-corrected chi connectivity index (χ3v) is 5.03. The summed E-state index contributed by atoms with van der Waals surface area (Å²) in [7, 11) is 0. The molecule has 0 spiro atoms. The van der Waals surface area contributed by atoms with Crippen molar-refractivity contribution >= 4 is 15.9 Å². The first-order chi connectivity index (χ1) is 9.74. The highest BCUT2D eigenvalue weighted by molar-refractivity contribution is 9.09. The van der Waals surface area contributed by atoms with Crippen LogP contribution in [-0.2, 0) is 0 Å². The Kier molecular flexibility index (Phi) is 19.9. The van der Waals surface area contributed by atoms with E-state index in [1.165, 1.54) is 100 Å². The van der Waals surface area contributed by atoms with Crippen LogP contribution in [0.5, 0.6) is 0 Å². The lowest BCUT2D eigenvalue weighted by Crippen LogP contribution is -3.00. The van der Waals surface area contributed by atoms with Gasteiger partial charge in [0.15, 0.2) is 0 Å². The van der Waals surface area contributed by atoms with Crippen molar-refractivity contribution in [3.05, 3.63) is 0 Å². The number of rotatable bonds is 15. The van der Waals surface area contributed by atoms with Crippen LogP contribution in [0, 0.1) is 0 Å². The minimum Gasteiger partial charge on any atom is -1.00 e. The summed E-state index contributed by atoms with van der Waals surface area (Å²) in [5.74, 6) is 0. The first kappa shape index (κ1) is 24.2. The Labute approximate surface area is 153 Å². The summed E-state index contributed by atoms with van der Waals surface area (Å²) in [6.45, 7) is 12.7. The molecular weight excluding hydrogens is 390 g/mol. The Balaban J connectivity index is 0. The number of unbranched alkanes of at least 4 members (excludes halogenated alkanes) is 6. The predicted molar refractivity (Wildman–Crippen MR) is 96.7 cm³/mol. The molecule has 0 aliphatic rings. The van der Waals surface area contributed by atoms with Crippen molar-refractivity contribution in [2.24, 2.45) is 0 Å². The van der Waals surface area contributed by atoms with E-state index in [-0.39, 0.29) is 17.0 Å². The van der Waals surface area contributed by atoms with Gasteiger partial charge < -0.3 is 21.5 Å². The zero-order valence-electron chi connectivity index (χ0n) is 14.8. The number of hydrogen-bond donors (Lipinski definition) is 0. The van der Waals surface area contributed by atoms with E-state index >= 15 is 0 Å². The molecule has 1 nitrogen and oxygen atoms in total. The molecule has 130 valence electrons. The van der Waals surface area contributed by atoms with Crippen molar-refractivity contribution in [1.82, 2.24) is 0 Å². The fourth-order valence-electron chi connectivity index (χ4n) is 3.07. The number of hydrogen-bond acceptors (Lipinski definition) is 0. The lowest BCUT2D eigenvalue weighted by molar-refractivity contribution is -0.929. The maximum atomic E-state index is 3.59. The van der Waals surface area contributed by atoms with Crippen LogP contribution in [0.25, 0.3) is 0 Å². The summed E-state index contributed by atoms with van der Waals surface area (Å²) in [5.41, 5.74) is 0. The molecule has 3 heteroatoms. The molecule has 21 heavy (non-hydrogen) atoms. The van der Waals surface area contributed by atoms with Crippen molar-refractivity contribution in [3.8, 4) is 0 Å². The number of halogens is 2. The molecule has 0 aromatic rings. The molecule has 0 heterocycles. The molecule has 0 saturated heterocycles. The fourth-order valence-corrected chi connectivity index (χ4v) is 3.47. The van der Waals surface area contributed by atoms with Crippen molar-refractivity contribution in [2.75, 3.05) is 31.5 Å². The van der Waals surface area contributed by atoms with E-state index in [1.54, 1.807) is 0 Å². The summed E-state index contributed by atoms with van der Waals surface area (Å²) in [6.07, 6.45) is 13.9. The largest absolute Gasteiger partial charge is 1.00 e. The second-order valence-corrected chi connectivity index (χ2v) is 7.19. The van der Waals surface area contributed by atoms with Crippen molar-refractivity contribution in [3.63, 3.8) is 0 Å². The van der Waals surface area contributed by atoms with E-state index in [4.69, 9.17) is 0 Å². The molecule has 0 atom stereocenters. The Hall–Kier alpha value is 0.920. The Morgan fingerprint density at radius 3 is 1.43 bits per heavy atom. The minimum atomic E-state index is 0.